The van der Waals surface area contributed by atoms with Crippen molar-refractivity contribution in [3.05, 3.63) is 11.9 Å². The van der Waals surface area contributed by atoms with Gasteiger partial charge in [-0.05, 0) is 27.2 Å². The van der Waals surface area contributed by atoms with Crippen molar-refractivity contribution in [3.63, 3.8) is 0 Å². The molecule has 20 heavy (non-hydrogen) atoms. The van der Waals surface area contributed by atoms with Gasteiger partial charge in [0.1, 0.15) is 11.3 Å². The fraction of sp³-hybridized carbons (Fsp3) is 0.692. The van der Waals surface area contributed by atoms with Crippen LogP contribution >= 0.6 is 0 Å². The number of rotatable bonds is 2. The molecular weight excluding hydrogens is 260 g/mol. The quantitative estimate of drug-likeness (QED) is 0.762. The van der Waals surface area contributed by atoms with Gasteiger partial charge in [-0.2, -0.15) is 0 Å². The van der Waals surface area contributed by atoms with Crippen molar-refractivity contribution in [2.75, 3.05) is 13.1 Å². The molecule has 1 unspecified atom stereocenters. The van der Waals surface area contributed by atoms with Crippen LogP contribution in [0.15, 0.2) is 6.20 Å². The molecule has 1 atom stereocenters. The van der Waals surface area contributed by atoms with Crippen LogP contribution in [0, 0.1) is 5.92 Å². The lowest BCUT2D eigenvalue weighted by Crippen LogP contribution is -2.36. The van der Waals surface area contributed by atoms with E-state index in [1.165, 1.54) is 10.9 Å². The number of ether oxygens (including phenoxy) is 1. The highest BCUT2D eigenvalue weighted by molar-refractivity contribution is 5.96. The lowest BCUT2D eigenvalue weighted by atomic mass is 10.0. The summed E-state index contributed by atoms with van der Waals surface area (Å²) in [5, 5.41) is 7.46. The van der Waals surface area contributed by atoms with E-state index in [0.29, 0.717) is 25.2 Å². The molecule has 2 rings (SSSR count). The van der Waals surface area contributed by atoms with Crippen molar-refractivity contribution in [1.29, 1.82) is 0 Å². The highest BCUT2D eigenvalue weighted by atomic mass is 16.6. The lowest BCUT2D eigenvalue weighted by Gasteiger charge is -2.24. The molecule has 7 heteroatoms. The Balaban J connectivity index is 1.97. The number of aromatic nitrogens is 3. The molecule has 0 aromatic carbocycles. The molecule has 0 bridgehead atoms. The second-order valence-electron chi connectivity index (χ2n) is 6.02. The van der Waals surface area contributed by atoms with E-state index < -0.39 is 5.60 Å². The zero-order chi connectivity index (χ0) is 14.9. The normalized spacial score (nSPS) is 19.2. The van der Waals surface area contributed by atoms with Crippen molar-refractivity contribution in [2.45, 2.75) is 32.8 Å². The maximum absolute atomic E-state index is 12.3. The van der Waals surface area contributed by atoms with Crippen molar-refractivity contribution in [3.8, 4) is 0 Å². The molecule has 1 amide bonds. The molecule has 0 radical (unpaired) electrons. The predicted molar refractivity (Wildman–Crippen MR) is 71.2 cm³/mol. The van der Waals surface area contributed by atoms with Gasteiger partial charge in [-0.1, -0.05) is 5.21 Å². The zero-order valence-electron chi connectivity index (χ0n) is 12.3. The van der Waals surface area contributed by atoms with Gasteiger partial charge >= 0.3 is 6.09 Å². The van der Waals surface area contributed by atoms with Crippen molar-refractivity contribution in [2.24, 2.45) is 13.0 Å². The predicted octanol–water partition coefficient (Wildman–Crippen LogP) is 1.25. The zero-order valence-corrected chi connectivity index (χ0v) is 12.3. The Morgan fingerprint density at radius 3 is 2.65 bits per heavy atom. The monoisotopic (exact) mass is 280 g/mol. The molecule has 0 aliphatic carbocycles. The number of hydrogen-bond donors (Lipinski definition) is 0. The summed E-state index contributed by atoms with van der Waals surface area (Å²) in [6.07, 6.45) is 1.73. The van der Waals surface area contributed by atoms with Gasteiger partial charge in [0, 0.05) is 26.1 Å². The van der Waals surface area contributed by atoms with E-state index in [1.54, 1.807) is 11.9 Å². The first-order valence-corrected chi connectivity index (χ1v) is 6.65. The third kappa shape index (κ3) is 3.15. The highest BCUT2D eigenvalue weighted by Gasteiger charge is 2.34. The number of carbonyl (C=O) groups excluding carboxylic acids is 2. The first-order chi connectivity index (χ1) is 9.28. The number of carbonyl (C=O) groups is 2. The first kappa shape index (κ1) is 14.5. The molecule has 7 nitrogen and oxygen atoms in total. The molecule has 0 saturated carbocycles. The molecule has 0 spiro atoms. The summed E-state index contributed by atoms with van der Waals surface area (Å²) >= 11 is 0. The maximum atomic E-state index is 12.3. The lowest BCUT2D eigenvalue weighted by molar-refractivity contribution is 0.0289. The summed E-state index contributed by atoms with van der Waals surface area (Å²) < 4.78 is 6.77. The summed E-state index contributed by atoms with van der Waals surface area (Å²) in [7, 11) is 1.68. The van der Waals surface area contributed by atoms with Gasteiger partial charge in [0.25, 0.3) is 0 Å². The van der Waals surface area contributed by atoms with Gasteiger partial charge < -0.3 is 9.64 Å². The Labute approximate surface area is 117 Å². The van der Waals surface area contributed by atoms with Gasteiger partial charge in [0.05, 0.1) is 6.20 Å². The molecule has 1 aliphatic rings. The van der Waals surface area contributed by atoms with Gasteiger partial charge in [-0.15, -0.1) is 5.10 Å². The molecule has 110 valence electrons. The van der Waals surface area contributed by atoms with Crippen LogP contribution in [0.2, 0.25) is 0 Å². The molecule has 1 aliphatic heterocycles. The Morgan fingerprint density at radius 2 is 2.10 bits per heavy atom. The Bertz CT molecular complexity index is 518. The fourth-order valence-corrected chi connectivity index (χ4v) is 2.19. The van der Waals surface area contributed by atoms with E-state index in [9.17, 15) is 9.59 Å². The van der Waals surface area contributed by atoms with Crippen LogP contribution in [-0.2, 0) is 11.8 Å². The number of nitrogens with zero attached hydrogens (tertiary/aromatic N) is 4. The number of hydrogen-bond acceptors (Lipinski definition) is 5. The Morgan fingerprint density at radius 1 is 1.40 bits per heavy atom. The van der Waals surface area contributed by atoms with Crippen LogP contribution < -0.4 is 0 Å². The Hall–Kier alpha value is -1.92. The third-order valence-corrected chi connectivity index (χ3v) is 3.18. The molecule has 1 fully saturated rings. The van der Waals surface area contributed by atoms with Gasteiger partial charge in [-0.3, -0.25) is 4.79 Å². The van der Waals surface area contributed by atoms with Crippen LogP contribution in [0.25, 0.3) is 0 Å². The van der Waals surface area contributed by atoms with Gasteiger partial charge in [0.2, 0.25) is 0 Å². The van der Waals surface area contributed by atoms with E-state index >= 15 is 0 Å². The average Bonchev–Trinajstić information content (AvgIpc) is 2.94. The van der Waals surface area contributed by atoms with E-state index in [-0.39, 0.29) is 17.8 Å². The third-order valence-electron chi connectivity index (χ3n) is 3.18. The summed E-state index contributed by atoms with van der Waals surface area (Å²) in [6, 6.07) is 0. The molecular formula is C13H20N4O3. The van der Waals surface area contributed by atoms with E-state index in [1.807, 2.05) is 20.8 Å². The van der Waals surface area contributed by atoms with Crippen molar-refractivity contribution in [1.82, 2.24) is 19.9 Å². The minimum Gasteiger partial charge on any atom is -0.444 e. The van der Waals surface area contributed by atoms with Gasteiger partial charge in [0.15, 0.2) is 5.78 Å². The van der Waals surface area contributed by atoms with Crippen molar-refractivity contribution < 1.29 is 14.3 Å². The molecule has 1 saturated heterocycles. The van der Waals surface area contributed by atoms with Crippen LogP contribution in [-0.4, -0.2) is 50.5 Å². The molecule has 2 heterocycles. The van der Waals surface area contributed by atoms with E-state index in [2.05, 4.69) is 10.3 Å². The van der Waals surface area contributed by atoms with Crippen LogP contribution in [0.3, 0.4) is 0 Å². The van der Waals surface area contributed by atoms with Crippen molar-refractivity contribution >= 4 is 11.9 Å². The Kier molecular flexibility index (Phi) is 3.78. The summed E-state index contributed by atoms with van der Waals surface area (Å²) in [5.41, 5.74) is -0.0495. The topological polar surface area (TPSA) is 77.3 Å². The molecule has 1 aromatic heterocycles. The van der Waals surface area contributed by atoms with E-state index in [0.717, 1.165) is 0 Å². The maximum Gasteiger partial charge on any atom is 0.410 e. The number of Topliss-reactive ketones (excluding diaryl/α,β-unsaturated/α-hetero) is 1. The van der Waals surface area contributed by atoms with Gasteiger partial charge in [-0.25, -0.2) is 9.48 Å². The van der Waals surface area contributed by atoms with E-state index in [4.69, 9.17) is 4.74 Å². The first-order valence-electron chi connectivity index (χ1n) is 6.65. The van der Waals surface area contributed by atoms with Crippen LogP contribution in [0.4, 0.5) is 4.79 Å². The minimum absolute atomic E-state index is 0.0245. The second kappa shape index (κ2) is 5.22. The fourth-order valence-electron chi connectivity index (χ4n) is 2.19. The minimum atomic E-state index is -0.523. The summed E-state index contributed by atoms with van der Waals surface area (Å²) in [4.78, 5) is 25.8. The number of ketones is 1. The number of likely N-dealkylation sites (tertiary alicyclic amines) is 1. The van der Waals surface area contributed by atoms with Crippen LogP contribution in [0.5, 0.6) is 0 Å². The SMILES string of the molecule is Cn1nncc1C(=O)C1CCN(C(=O)OC(C)(C)C)C1. The summed E-state index contributed by atoms with van der Waals surface area (Å²) in [5.74, 6) is -0.233. The highest BCUT2D eigenvalue weighted by Crippen LogP contribution is 2.22. The largest absolute Gasteiger partial charge is 0.444 e. The average molecular weight is 280 g/mol. The summed E-state index contributed by atoms with van der Waals surface area (Å²) in [6.45, 7) is 6.40. The molecule has 0 N–H and O–H groups in total. The standard InChI is InChI=1S/C13H20N4O3/c1-13(2,3)20-12(19)17-6-5-9(8-17)11(18)10-7-14-15-16(10)4/h7,9H,5-6,8H2,1-4H3. The smallest absolute Gasteiger partial charge is 0.410 e. The second-order valence-corrected chi connectivity index (χ2v) is 6.02. The number of aryl methyl sites for hydroxylation is 1. The van der Waals surface area contributed by atoms with Crippen LogP contribution in [0.1, 0.15) is 37.7 Å². The molecule has 1 aromatic rings. The number of amides is 1.